The molecule has 0 bridgehead atoms. The van der Waals surface area contributed by atoms with E-state index < -0.39 is 17.3 Å². The van der Waals surface area contributed by atoms with Gasteiger partial charge in [-0.2, -0.15) is 0 Å². The maximum Gasteiger partial charge on any atom is 0.343 e. The summed E-state index contributed by atoms with van der Waals surface area (Å²) in [4.78, 5) is 41.7. The standard InChI is InChI=1S/C21H20FN3O4/c1-4-29-21(28)16-10-25(20-15(19(16)27)7-5-13(3)23-20)11-18(26)24-14-6-8-17(22)12(2)9-14/h5-10H,4,11H2,1-3H3,(H,24,26). The number of aryl methyl sites for hydroxylation is 2. The zero-order valence-electron chi connectivity index (χ0n) is 16.3. The minimum absolute atomic E-state index is 0.118. The van der Waals surface area contributed by atoms with Crippen LogP contribution < -0.4 is 10.7 Å². The Balaban J connectivity index is 2.00. The highest BCUT2D eigenvalue weighted by Gasteiger charge is 2.18. The number of carbonyl (C=O) groups excluding carboxylic acids is 2. The summed E-state index contributed by atoms with van der Waals surface area (Å²) in [6.45, 7) is 4.91. The Morgan fingerprint density at radius 2 is 1.97 bits per heavy atom. The summed E-state index contributed by atoms with van der Waals surface area (Å²) in [7, 11) is 0. The molecule has 0 fully saturated rings. The first-order valence-electron chi connectivity index (χ1n) is 9.04. The Morgan fingerprint density at radius 1 is 1.21 bits per heavy atom. The third kappa shape index (κ3) is 4.31. The minimum atomic E-state index is -0.761. The van der Waals surface area contributed by atoms with Gasteiger partial charge in [-0.3, -0.25) is 9.59 Å². The molecule has 1 N–H and O–H groups in total. The van der Waals surface area contributed by atoms with Crippen molar-refractivity contribution >= 4 is 28.6 Å². The minimum Gasteiger partial charge on any atom is -0.462 e. The zero-order valence-corrected chi connectivity index (χ0v) is 16.3. The summed E-state index contributed by atoms with van der Waals surface area (Å²) >= 11 is 0. The van der Waals surface area contributed by atoms with E-state index in [1.807, 2.05) is 0 Å². The SMILES string of the molecule is CCOC(=O)c1cn(CC(=O)Nc2ccc(F)c(C)c2)c2nc(C)ccc2c1=O. The summed E-state index contributed by atoms with van der Waals surface area (Å²) in [6, 6.07) is 7.47. The van der Waals surface area contributed by atoms with Crippen LogP contribution in [0.4, 0.5) is 10.1 Å². The van der Waals surface area contributed by atoms with Crippen molar-refractivity contribution in [2.45, 2.75) is 27.3 Å². The van der Waals surface area contributed by atoms with Gasteiger partial charge in [0.1, 0.15) is 23.6 Å². The first-order valence-corrected chi connectivity index (χ1v) is 9.04. The number of fused-ring (bicyclic) bond motifs is 1. The Labute approximate surface area is 166 Å². The number of nitrogens with zero attached hydrogens (tertiary/aromatic N) is 2. The summed E-state index contributed by atoms with van der Waals surface area (Å²) in [5.41, 5.74) is 1.11. The average Bonchev–Trinajstić information content (AvgIpc) is 2.67. The third-order valence-electron chi connectivity index (χ3n) is 4.31. The maximum absolute atomic E-state index is 13.4. The Hall–Kier alpha value is -3.55. The number of hydrogen-bond donors (Lipinski definition) is 1. The molecule has 2 heterocycles. The lowest BCUT2D eigenvalue weighted by Gasteiger charge is -2.13. The number of nitrogens with one attached hydrogen (secondary N) is 1. The zero-order chi connectivity index (χ0) is 21.1. The molecule has 29 heavy (non-hydrogen) atoms. The van der Waals surface area contributed by atoms with Gasteiger partial charge in [-0.1, -0.05) is 0 Å². The van der Waals surface area contributed by atoms with Gasteiger partial charge in [0, 0.05) is 17.6 Å². The van der Waals surface area contributed by atoms with Gasteiger partial charge >= 0.3 is 5.97 Å². The molecule has 0 aliphatic rings. The molecule has 2 aromatic heterocycles. The average molecular weight is 397 g/mol. The number of benzene rings is 1. The van der Waals surface area contributed by atoms with E-state index in [2.05, 4.69) is 10.3 Å². The monoisotopic (exact) mass is 397 g/mol. The normalized spacial score (nSPS) is 10.8. The van der Waals surface area contributed by atoms with E-state index in [-0.39, 0.29) is 35.6 Å². The molecule has 7 nitrogen and oxygen atoms in total. The Bertz CT molecular complexity index is 1170. The highest BCUT2D eigenvalue weighted by Crippen LogP contribution is 2.15. The molecule has 0 radical (unpaired) electrons. The number of pyridine rings is 2. The smallest absolute Gasteiger partial charge is 0.343 e. The van der Waals surface area contributed by atoms with Crippen LogP contribution >= 0.6 is 0 Å². The van der Waals surface area contributed by atoms with E-state index in [1.54, 1.807) is 32.9 Å². The molecule has 3 rings (SSSR count). The van der Waals surface area contributed by atoms with Gasteiger partial charge in [-0.05, 0) is 56.7 Å². The molecular weight excluding hydrogens is 377 g/mol. The second kappa shape index (κ2) is 8.22. The third-order valence-corrected chi connectivity index (χ3v) is 4.31. The molecule has 0 atom stereocenters. The van der Waals surface area contributed by atoms with E-state index in [0.717, 1.165) is 0 Å². The fraction of sp³-hybridized carbons (Fsp3) is 0.238. The highest BCUT2D eigenvalue weighted by molar-refractivity contribution is 5.95. The number of hydrogen-bond acceptors (Lipinski definition) is 5. The number of esters is 1. The van der Waals surface area contributed by atoms with Gasteiger partial charge < -0.3 is 14.6 Å². The van der Waals surface area contributed by atoms with E-state index in [4.69, 9.17) is 4.74 Å². The maximum atomic E-state index is 13.4. The van der Waals surface area contributed by atoms with Crippen molar-refractivity contribution in [1.29, 1.82) is 0 Å². The number of halogens is 1. The van der Waals surface area contributed by atoms with Gasteiger partial charge in [0.05, 0.1) is 12.0 Å². The van der Waals surface area contributed by atoms with Crippen molar-refractivity contribution in [3.63, 3.8) is 0 Å². The number of amides is 1. The van der Waals surface area contributed by atoms with Crippen molar-refractivity contribution in [2.75, 3.05) is 11.9 Å². The number of anilines is 1. The van der Waals surface area contributed by atoms with Gasteiger partial charge in [-0.25, -0.2) is 14.2 Å². The predicted molar refractivity (Wildman–Crippen MR) is 106 cm³/mol. The predicted octanol–water partition coefficient (Wildman–Crippen LogP) is 2.97. The number of rotatable bonds is 5. The largest absolute Gasteiger partial charge is 0.462 e. The molecule has 0 saturated heterocycles. The Morgan fingerprint density at radius 3 is 2.66 bits per heavy atom. The van der Waals surface area contributed by atoms with Gasteiger partial charge in [0.25, 0.3) is 0 Å². The number of ether oxygens (including phenoxy) is 1. The van der Waals surface area contributed by atoms with E-state index in [0.29, 0.717) is 16.9 Å². The van der Waals surface area contributed by atoms with Crippen molar-refractivity contribution in [3.8, 4) is 0 Å². The fourth-order valence-electron chi connectivity index (χ4n) is 2.91. The first kappa shape index (κ1) is 20.2. The molecule has 0 saturated carbocycles. The van der Waals surface area contributed by atoms with Crippen LogP contribution in [-0.4, -0.2) is 28.0 Å². The molecule has 1 amide bonds. The second-order valence-electron chi connectivity index (χ2n) is 6.56. The molecule has 150 valence electrons. The lowest BCUT2D eigenvalue weighted by atomic mass is 10.1. The van der Waals surface area contributed by atoms with Crippen LogP contribution in [0.2, 0.25) is 0 Å². The fourth-order valence-corrected chi connectivity index (χ4v) is 2.91. The molecule has 0 aliphatic heterocycles. The lowest BCUT2D eigenvalue weighted by Crippen LogP contribution is -2.25. The number of carbonyl (C=O) groups is 2. The lowest BCUT2D eigenvalue weighted by molar-refractivity contribution is -0.116. The molecule has 0 spiro atoms. The summed E-state index contributed by atoms with van der Waals surface area (Å²) in [5, 5.41) is 2.89. The van der Waals surface area contributed by atoms with Crippen LogP contribution in [0.3, 0.4) is 0 Å². The van der Waals surface area contributed by atoms with Gasteiger partial charge in [-0.15, -0.1) is 0 Å². The molecule has 0 aliphatic carbocycles. The van der Waals surface area contributed by atoms with E-state index in [1.165, 1.54) is 29.0 Å². The molecule has 1 aromatic carbocycles. The molecule has 3 aromatic rings. The van der Waals surface area contributed by atoms with Gasteiger partial charge in [0.2, 0.25) is 11.3 Å². The highest BCUT2D eigenvalue weighted by atomic mass is 19.1. The van der Waals surface area contributed by atoms with Crippen molar-refractivity contribution in [2.24, 2.45) is 0 Å². The van der Waals surface area contributed by atoms with E-state index >= 15 is 0 Å². The summed E-state index contributed by atoms with van der Waals surface area (Å²) in [6.07, 6.45) is 1.28. The quantitative estimate of drug-likeness (QED) is 0.669. The van der Waals surface area contributed by atoms with Crippen LogP contribution in [0.1, 0.15) is 28.5 Å². The summed E-state index contributed by atoms with van der Waals surface area (Å²) in [5.74, 6) is -1.55. The molecular formula is C21H20FN3O4. The van der Waals surface area contributed by atoms with Crippen LogP contribution in [0.15, 0.2) is 41.3 Å². The van der Waals surface area contributed by atoms with Crippen LogP contribution in [0.5, 0.6) is 0 Å². The molecule has 0 unspecified atom stereocenters. The van der Waals surface area contributed by atoms with Crippen molar-refractivity contribution < 1.29 is 18.7 Å². The van der Waals surface area contributed by atoms with Crippen LogP contribution in [0.25, 0.3) is 11.0 Å². The van der Waals surface area contributed by atoms with Gasteiger partial charge in [0.15, 0.2) is 0 Å². The van der Waals surface area contributed by atoms with Crippen molar-refractivity contribution in [1.82, 2.24) is 9.55 Å². The number of aromatic nitrogens is 2. The Kier molecular flexibility index (Phi) is 5.72. The molecule has 8 heteroatoms. The topological polar surface area (TPSA) is 90.3 Å². The summed E-state index contributed by atoms with van der Waals surface area (Å²) < 4.78 is 19.8. The van der Waals surface area contributed by atoms with Crippen molar-refractivity contribution in [3.05, 3.63) is 69.4 Å². The van der Waals surface area contributed by atoms with Crippen LogP contribution in [0, 0.1) is 19.7 Å². The first-order chi connectivity index (χ1) is 13.8. The van der Waals surface area contributed by atoms with E-state index in [9.17, 15) is 18.8 Å². The second-order valence-corrected chi connectivity index (χ2v) is 6.56. The van der Waals surface area contributed by atoms with Crippen LogP contribution in [-0.2, 0) is 16.1 Å².